The van der Waals surface area contributed by atoms with Crippen LogP contribution in [0, 0.1) is 18.7 Å². The van der Waals surface area contributed by atoms with Crippen LogP contribution in [0.25, 0.3) is 0 Å². The van der Waals surface area contributed by atoms with E-state index in [1.165, 1.54) is 23.3 Å². The highest BCUT2D eigenvalue weighted by Crippen LogP contribution is 2.35. The van der Waals surface area contributed by atoms with Gasteiger partial charge in [0.2, 0.25) is 5.91 Å². The number of fused-ring (bicyclic) bond motifs is 1. The normalized spacial score (nSPS) is 16.3. The van der Waals surface area contributed by atoms with Gasteiger partial charge in [-0.3, -0.25) is 4.79 Å². The summed E-state index contributed by atoms with van der Waals surface area (Å²) in [5, 5.41) is 6.59. The van der Waals surface area contributed by atoms with Crippen LogP contribution in [-0.2, 0) is 11.2 Å². The molecule has 2 aromatic carbocycles. The SMILES string of the molecule is Cc1cc2c(cc1NC(=O)CC(C)C)CCCC2Nc1ccc(F)cc1. The van der Waals surface area contributed by atoms with Crippen molar-refractivity contribution in [3.63, 3.8) is 0 Å². The van der Waals surface area contributed by atoms with E-state index in [1.807, 2.05) is 20.8 Å². The monoisotopic (exact) mass is 354 g/mol. The molecule has 1 aliphatic carbocycles. The minimum Gasteiger partial charge on any atom is -0.378 e. The Morgan fingerprint density at radius 2 is 1.96 bits per heavy atom. The standard InChI is InChI=1S/C22H27FN2O/c1-14(2)11-22(26)25-21-13-16-5-4-6-20(19(16)12-15(21)3)24-18-9-7-17(23)8-10-18/h7-10,12-14,20,24H,4-6,11H2,1-3H3,(H,25,26). The maximum Gasteiger partial charge on any atom is 0.224 e. The van der Waals surface area contributed by atoms with Crippen molar-refractivity contribution in [2.75, 3.05) is 10.6 Å². The molecule has 2 aromatic rings. The number of aryl methyl sites for hydroxylation is 2. The van der Waals surface area contributed by atoms with Crippen LogP contribution >= 0.6 is 0 Å². The third-order valence-corrected chi connectivity index (χ3v) is 4.85. The fourth-order valence-electron chi connectivity index (χ4n) is 3.57. The summed E-state index contributed by atoms with van der Waals surface area (Å²) >= 11 is 0. The molecule has 0 bridgehead atoms. The van der Waals surface area contributed by atoms with Crippen LogP contribution < -0.4 is 10.6 Å². The number of anilines is 2. The van der Waals surface area contributed by atoms with Crippen molar-refractivity contribution in [2.45, 2.75) is 52.5 Å². The number of carbonyl (C=O) groups is 1. The maximum atomic E-state index is 13.1. The Labute approximate surface area is 155 Å². The molecule has 0 radical (unpaired) electrons. The van der Waals surface area contributed by atoms with Gasteiger partial charge in [0.1, 0.15) is 5.82 Å². The Balaban J connectivity index is 1.80. The topological polar surface area (TPSA) is 41.1 Å². The van der Waals surface area contributed by atoms with Crippen LogP contribution in [-0.4, -0.2) is 5.91 Å². The van der Waals surface area contributed by atoms with Crippen LogP contribution in [0.2, 0.25) is 0 Å². The predicted molar refractivity (Wildman–Crippen MR) is 105 cm³/mol. The quantitative estimate of drug-likeness (QED) is 0.733. The Morgan fingerprint density at radius 3 is 2.65 bits per heavy atom. The van der Waals surface area contributed by atoms with Gasteiger partial charge in [0.15, 0.2) is 0 Å². The highest BCUT2D eigenvalue weighted by molar-refractivity contribution is 5.91. The molecule has 3 nitrogen and oxygen atoms in total. The largest absolute Gasteiger partial charge is 0.378 e. The molecule has 3 rings (SSSR count). The number of hydrogen-bond donors (Lipinski definition) is 2. The third kappa shape index (κ3) is 4.43. The van der Waals surface area contributed by atoms with Crippen molar-refractivity contribution in [1.82, 2.24) is 0 Å². The van der Waals surface area contributed by atoms with Crippen LogP contribution in [0.3, 0.4) is 0 Å². The number of rotatable bonds is 5. The van der Waals surface area contributed by atoms with Gasteiger partial charge in [-0.15, -0.1) is 0 Å². The lowest BCUT2D eigenvalue weighted by molar-refractivity contribution is -0.116. The second-order valence-electron chi connectivity index (χ2n) is 7.61. The average molecular weight is 354 g/mol. The number of nitrogens with one attached hydrogen (secondary N) is 2. The molecule has 1 atom stereocenters. The van der Waals surface area contributed by atoms with E-state index in [0.29, 0.717) is 12.3 Å². The summed E-state index contributed by atoms with van der Waals surface area (Å²) in [4.78, 5) is 12.1. The molecule has 26 heavy (non-hydrogen) atoms. The highest BCUT2D eigenvalue weighted by atomic mass is 19.1. The zero-order valence-electron chi connectivity index (χ0n) is 15.7. The fraction of sp³-hybridized carbons (Fsp3) is 0.409. The van der Waals surface area contributed by atoms with Gasteiger partial charge in [-0.05, 0) is 79.1 Å². The highest BCUT2D eigenvalue weighted by Gasteiger charge is 2.22. The van der Waals surface area contributed by atoms with E-state index in [-0.39, 0.29) is 17.8 Å². The summed E-state index contributed by atoms with van der Waals surface area (Å²) in [5.41, 5.74) is 5.47. The Bertz CT molecular complexity index is 783. The van der Waals surface area contributed by atoms with Crippen molar-refractivity contribution in [3.8, 4) is 0 Å². The van der Waals surface area contributed by atoms with Gasteiger partial charge in [-0.2, -0.15) is 0 Å². The molecule has 1 unspecified atom stereocenters. The second kappa shape index (κ2) is 7.90. The lowest BCUT2D eigenvalue weighted by atomic mass is 9.86. The summed E-state index contributed by atoms with van der Waals surface area (Å²) in [7, 11) is 0. The summed E-state index contributed by atoms with van der Waals surface area (Å²) in [6.07, 6.45) is 3.69. The number of benzene rings is 2. The molecular formula is C22H27FN2O. The zero-order chi connectivity index (χ0) is 18.7. The lowest BCUT2D eigenvalue weighted by Gasteiger charge is -2.28. The minimum atomic E-state index is -0.225. The van der Waals surface area contributed by atoms with Crippen molar-refractivity contribution in [2.24, 2.45) is 5.92 Å². The molecule has 0 heterocycles. The summed E-state index contributed by atoms with van der Waals surface area (Å²) in [5.74, 6) is 0.189. The van der Waals surface area contributed by atoms with E-state index < -0.39 is 0 Å². The molecule has 0 saturated heterocycles. The third-order valence-electron chi connectivity index (χ3n) is 4.85. The number of halogens is 1. The number of amides is 1. The number of hydrogen-bond acceptors (Lipinski definition) is 2. The van der Waals surface area contributed by atoms with Crippen molar-refractivity contribution >= 4 is 17.3 Å². The van der Waals surface area contributed by atoms with Crippen LogP contribution in [0.1, 0.15) is 55.8 Å². The van der Waals surface area contributed by atoms with Crippen molar-refractivity contribution < 1.29 is 9.18 Å². The van der Waals surface area contributed by atoms with E-state index in [9.17, 15) is 9.18 Å². The molecular weight excluding hydrogens is 327 g/mol. The molecule has 2 N–H and O–H groups in total. The molecule has 1 amide bonds. The van der Waals surface area contributed by atoms with E-state index in [0.717, 1.165) is 36.2 Å². The molecule has 4 heteroatoms. The summed E-state index contributed by atoms with van der Waals surface area (Å²) in [6.45, 7) is 6.13. The summed E-state index contributed by atoms with van der Waals surface area (Å²) < 4.78 is 13.1. The van der Waals surface area contributed by atoms with E-state index in [2.05, 4.69) is 22.8 Å². The Hall–Kier alpha value is -2.36. The van der Waals surface area contributed by atoms with Crippen LogP contribution in [0.15, 0.2) is 36.4 Å². The summed E-state index contributed by atoms with van der Waals surface area (Å²) in [6, 6.07) is 11.0. The first kappa shape index (κ1) is 18.4. The molecule has 0 aliphatic heterocycles. The predicted octanol–water partition coefficient (Wildman–Crippen LogP) is 5.61. The Morgan fingerprint density at radius 1 is 1.23 bits per heavy atom. The zero-order valence-corrected chi connectivity index (χ0v) is 15.7. The lowest BCUT2D eigenvalue weighted by Crippen LogP contribution is -2.19. The molecule has 0 fully saturated rings. The van der Waals surface area contributed by atoms with Gasteiger partial charge in [0.25, 0.3) is 0 Å². The van der Waals surface area contributed by atoms with E-state index in [1.54, 1.807) is 12.1 Å². The van der Waals surface area contributed by atoms with Gasteiger partial charge >= 0.3 is 0 Å². The second-order valence-corrected chi connectivity index (χ2v) is 7.61. The van der Waals surface area contributed by atoms with Crippen LogP contribution in [0.5, 0.6) is 0 Å². The van der Waals surface area contributed by atoms with Gasteiger partial charge in [0.05, 0.1) is 6.04 Å². The van der Waals surface area contributed by atoms with E-state index in [4.69, 9.17) is 0 Å². The molecule has 138 valence electrons. The van der Waals surface area contributed by atoms with Gasteiger partial charge in [-0.25, -0.2) is 4.39 Å². The van der Waals surface area contributed by atoms with E-state index >= 15 is 0 Å². The fourth-order valence-corrected chi connectivity index (χ4v) is 3.57. The number of carbonyl (C=O) groups excluding carboxylic acids is 1. The maximum absolute atomic E-state index is 13.1. The van der Waals surface area contributed by atoms with Crippen LogP contribution in [0.4, 0.5) is 15.8 Å². The first-order valence-corrected chi connectivity index (χ1v) is 9.37. The Kier molecular flexibility index (Phi) is 5.60. The van der Waals surface area contributed by atoms with Crippen molar-refractivity contribution in [3.05, 3.63) is 58.9 Å². The van der Waals surface area contributed by atoms with Gasteiger partial charge in [0, 0.05) is 17.8 Å². The van der Waals surface area contributed by atoms with Gasteiger partial charge in [-0.1, -0.05) is 19.9 Å². The molecule has 0 saturated carbocycles. The molecule has 0 spiro atoms. The first-order valence-electron chi connectivity index (χ1n) is 9.37. The first-order chi connectivity index (χ1) is 12.4. The van der Waals surface area contributed by atoms with Crippen molar-refractivity contribution in [1.29, 1.82) is 0 Å². The molecule has 0 aromatic heterocycles. The minimum absolute atomic E-state index is 0.0693. The smallest absolute Gasteiger partial charge is 0.224 e. The average Bonchev–Trinajstić information content (AvgIpc) is 2.57. The van der Waals surface area contributed by atoms with Gasteiger partial charge < -0.3 is 10.6 Å². The molecule has 1 aliphatic rings.